The number of likely N-dealkylation sites (tertiary alicyclic amines) is 1. The second-order valence-corrected chi connectivity index (χ2v) is 5.02. The van der Waals surface area contributed by atoms with E-state index in [0.29, 0.717) is 11.5 Å². The first-order chi connectivity index (χ1) is 9.77. The molecule has 104 valence electrons. The summed E-state index contributed by atoms with van der Waals surface area (Å²) >= 11 is 0. The van der Waals surface area contributed by atoms with Crippen LogP contribution in [0.15, 0.2) is 35.2 Å². The molecule has 0 saturated carbocycles. The molecule has 2 aromatic heterocycles. The Morgan fingerprint density at radius 2 is 2.25 bits per heavy atom. The Kier molecular flexibility index (Phi) is 3.50. The van der Waals surface area contributed by atoms with Crippen LogP contribution in [0.25, 0.3) is 0 Å². The summed E-state index contributed by atoms with van der Waals surface area (Å²) in [5, 5.41) is 0. The van der Waals surface area contributed by atoms with E-state index < -0.39 is 0 Å². The van der Waals surface area contributed by atoms with Crippen LogP contribution in [0, 0.1) is 6.92 Å². The van der Waals surface area contributed by atoms with Crippen LogP contribution in [-0.2, 0) is 0 Å². The highest BCUT2D eigenvalue weighted by atomic mass is 16.3. The minimum atomic E-state index is -0.0633. The Morgan fingerprint density at radius 3 is 2.95 bits per heavy atom. The zero-order valence-electron chi connectivity index (χ0n) is 11.5. The van der Waals surface area contributed by atoms with E-state index in [9.17, 15) is 4.79 Å². The summed E-state index contributed by atoms with van der Waals surface area (Å²) in [7, 11) is 0. The van der Waals surface area contributed by atoms with Crippen molar-refractivity contribution in [3.05, 3.63) is 47.9 Å². The van der Waals surface area contributed by atoms with Gasteiger partial charge in [-0.1, -0.05) is 6.07 Å². The van der Waals surface area contributed by atoms with Crippen molar-refractivity contribution in [2.45, 2.75) is 32.2 Å². The van der Waals surface area contributed by atoms with Crippen LogP contribution < -0.4 is 0 Å². The van der Waals surface area contributed by atoms with E-state index in [1.165, 1.54) is 6.39 Å². The van der Waals surface area contributed by atoms with Crippen LogP contribution in [0.1, 0.15) is 47.2 Å². The lowest BCUT2D eigenvalue weighted by Crippen LogP contribution is -2.39. The first-order valence-corrected chi connectivity index (χ1v) is 6.89. The van der Waals surface area contributed by atoms with Crippen molar-refractivity contribution >= 4 is 5.91 Å². The van der Waals surface area contributed by atoms with E-state index in [4.69, 9.17) is 4.42 Å². The van der Waals surface area contributed by atoms with Crippen molar-refractivity contribution in [2.24, 2.45) is 0 Å². The molecule has 5 nitrogen and oxygen atoms in total. The standard InChI is InChI=1S/C15H17N3O2/c1-11-14(17-10-20-11)15(19)18-9-5-3-7-13(18)12-6-2-4-8-16-12/h2,4,6,8,10,13H,3,5,7,9H2,1H3/t13-/m0/s1. The van der Waals surface area contributed by atoms with Crippen LogP contribution >= 0.6 is 0 Å². The average molecular weight is 271 g/mol. The molecular weight excluding hydrogens is 254 g/mol. The third kappa shape index (κ3) is 2.31. The molecule has 0 spiro atoms. The molecule has 0 unspecified atom stereocenters. The van der Waals surface area contributed by atoms with Gasteiger partial charge in [0.2, 0.25) is 0 Å². The lowest BCUT2D eigenvalue weighted by Gasteiger charge is -2.35. The zero-order chi connectivity index (χ0) is 13.9. The lowest BCUT2D eigenvalue weighted by molar-refractivity contribution is 0.0599. The number of carbonyl (C=O) groups is 1. The summed E-state index contributed by atoms with van der Waals surface area (Å²) in [5.74, 6) is 0.506. The third-order valence-electron chi connectivity index (χ3n) is 3.74. The Balaban J connectivity index is 1.90. The molecule has 1 aliphatic rings. The molecule has 0 bridgehead atoms. The van der Waals surface area contributed by atoms with Gasteiger partial charge < -0.3 is 9.32 Å². The summed E-state index contributed by atoms with van der Waals surface area (Å²) in [5.41, 5.74) is 1.36. The van der Waals surface area contributed by atoms with Crippen molar-refractivity contribution in [1.29, 1.82) is 0 Å². The van der Waals surface area contributed by atoms with E-state index in [1.807, 2.05) is 23.1 Å². The zero-order valence-corrected chi connectivity index (χ0v) is 11.5. The summed E-state index contributed by atoms with van der Waals surface area (Å²) in [6.45, 7) is 2.51. The SMILES string of the molecule is Cc1ocnc1C(=O)N1CCCC[C@H]1c1ccccn1. The normalized spacial score (nSPS) is 19.1. The van der Waals surface area contributed by atoms with Crippen molar-refractivity contribution in [3.63, 3.8) is 0 Å². The van der Waals surface area contributed by atoms with Crippen molar-refractivity contribution < 1.29 is 9.21 Å². The predicted molar refractivity (Wildman–Crippen MR) is 73.1 cm³/mol. The number of hydrogen-bond acceptors (Lipinski definition) is 4. The van der Waals surface area contributed by atoms with E-state index >= 15 is 0 Å². The van der Waals surface area contributed by atoms with Crippen LogP contribution in [-0.4, -0.2) is 27.3 Å². The van der Waals surface area contributed by atoms with Gasteiger partial charge in [0.15, 0.2) is 12.1 Å². The maximum Gasteiger partial charge on any atom is 0.276 e. The smallest absolute Gasteiger partial charge is 0.276 e. The molecule has 0 radical (unpaired) electrons. The third-order valence-corrected chi connectivity index (χ3v) is 3.74. The molecule has 1 saturated heterocycles. The maximum atomic E-state index is 12.6. The fourth-order valence-corrected chi connectivity index (χ4v) is 2.70. The number of aromatic nitrogens is 2. The highest BCUT2D eigenvalue weighted by Gasteiger charge is 2.31. The number of carbonyl (C=O) groups excluding carboxylic acids is 1. The number of nitrogens with zero attached hydrogens (tertiary/aromatic N) is 3. The van der Waals surface area contributed by atoms with Gasteiger partial charge in [0.05, 0.1) is 11.7 Å². The van der Waals surface area contributed by atoms with Crippen molar-refractivity contribution in [1.82, 2.24) is 14.9 Å². The van der Waals surface area contributed by atoms with Crippen LogP contribution in [0.4, 0.5) is 0 Å². The lowest BCUT2D eigenvalue weighted by atomic mass is 9.98. The predicted octanol–water partition coefficient (Wildman–Crippen LogP) is 2.75. The summed E-state index contributed by atoms with van der Waals surface area (Å²) in [4.78, 5) is 23.0. The van der Waals surface area contributed by atoms with Crippen LogP contribution in [0.3, 0.4) is 0 Å². The minimum absolute atomic E-state index is 0.0357. The minimum Gasteiger partial charge on any atom is -0.448 e. The second kappa shape index (κ2) is 5.45. The van der Waals surface area contributed by atoms with Gasteiger partial charge in [-0.15, -0.1) is 0 Å². The number of aryl methyl sites for hydroxylation is 1. The number of oxazole rings is 1. The van der Waals surface area contributed by atoms with Gasteiger partial charge in [-0.3, -0.25) is 9.78 Å². The van der Waals surface area contributed by atoms with Crippen LogP contribution in [0.2, 0.25) is 0 Å². The number of piperidine rings is 1. The summed E-state index contributed by atoms with van der Waals surface area (Å²) < 4.78 is 5.14. The quantitative estimate of drug-likeness (QED) is 0.842. The van der Waals surface area contributed by atoms with E-state index in [-0.39, 0.29) is 11.9 Å². The Hall–Kier alpha value is -2.17. The molecule has 0 aliphatic carbocycles. The van der Waals surface area contributed by atoms with Gasteiger partial charge in [0.1, 0.15) is 5.76 Å². The van der Waals surface area contributed by atoms with Crippen molar-refractivity contribution in [3.8, 4) is 0 Å². The molecule has 0 aromatic carbocycles. The largest absolute Gasteiger partial charge is 0.448 e. The molecule has 3 heterocycles. The molecule has 2 aromatic rings. The van der Waals surface area contributed by atoms with Gasteiger partial charge in [-0.05, 0) is 38.3 Å². The molecule has 3 rings (SSSR count). The number of hydrogen-bond donors (Lipinski definition) is 0. The van der Waals surface area contributed by atoms with Gasteiger partial charge in [0.25, 0.3) is 5.91 Å². The second-order valence-electron chi connectivity index (χ2n) is 5.02. The van der Waals surface area contributed by atoms with E-state index in [1.54, 1.807) is 13.1 Å². The number of amides is 1. The molecule has 1 fully saturated rings. The molecule has 20 heavy (non-hydrogen) atoms. The maximum absolute atomic E-state index is 12.6. The van der Waals surface area contributed by atoms with Crippen LogP contribution in [0.5, 0.6) is 0 Å². The van der Waals surface area contributed by atoms with Gasteiger partial charge >= 0.3 is 0 Å². The molecule has 0 N–H and O–H groups in total. The molecular formula is C15H17N3O2. The Bertz CT molecular complexity index is 594. The monoisotopic (exact) mass is 271 g/mol. The van der Waals surface area contributed by atoms with Gasteiger partial charge in [-0.25, -0.2) is 4.98 Å². The first kappa shape index (κ1) is 12.8. The fraction of sp³-hybridized carbons (Fsp3) is 0.400. The first-order valence-electron chi connectivity index (χ1n) is 6.89. The fourth-order valence-electron chi connectivity index (χ4n) is 2.70. The van der Waals surface area contributed by atoms with Gasteiger partial charge in [-0.2, -0.15) is 0 Å². The molecule has 1 atom stereocenters. The summed E-state index contributed by atoms with van der Waals surface area (Å²) in [6, 6.07) is 5.86. The van der Waals surface area contributed by atoms with E-state index in [0.717, 1.165) is 31.5 Å². The molecule has 1 amide bonds. The highest BCUT2D eigenvalue weighted by molar-refractivity contribution is 5.93. The van der Waals surface area contributed by atoms with Gasteiger partial charge in [0, 0.05) is 12.7 Å². The number of rotatable bonds is 2. The topological polar surface area (TPSA) is 59.2 Å². The Labute approximate surface area is 117 Å². The summed E-state index contributed by atoms with van der Waals surface area (Å²) in [6.07, 6.45) is 6.17. The number of pyridine rings is 1. The Morgan fingerprint density at radius 1 is 1.35 bits per heavy atom. The molecule has 1 aliphatic heterocycles. The highest BCUT2D eigenvalue weighted by Crippen LogP contribution is 2.31. The molecule has 5 heteroatoms. The van der Waals surface area contributed by atoms with Crippen molar-refractivity contribution in [2.75, 3.05) is 6.54 Å². The average Bonchev–Trinajstić information content (AvgIpc) is 2.93. The van der Waals surface area contributed by atoms with E-state index in [2.05, 4.69) is 9.97 Å².